The third-order valence-corrected chi connectivity index (χ3v) is 4.12. The van der Waals surface area contributed by atoms with Crippen molar-refractivity contribution in [3.8, 4) is 0 Å². The van der Waals surface area contributed by atoms with Crippen LogP contribution in [0, 0.1) is 5.92 Å². The molecule has 0 bridgehead atoms. The Balaban J connectivity index is 1.94. The van der Waals surface area contributed by atoms with Gasteiger partial charge in [0.15, 0.2) is 0 Å². The highest BCUT2D eigenvalue weighted by molar-refractivity contribution is 6.35. The molecule has 1 aliphatic rings. The molecule has 0 saturated carbocycles. The average molecular weight is 302 g/mol. The van der Waals surface area contributed by atoms with Crippen molar-refractivity contribution in [2.75, 3.05) is 19.7 Å². The molecule has 3 nitrogen and oxygen atoms in total. The van der Waals surface area contributed by atoms with Gasteiger partial charge < -0.3 is 10.0 Å². The van der Waals surface area contributed by atoms with E-state index in [9.17, 15) is 4.79 Å². The largest absolute Gasteiger partial charge is 0.396 e. The molecule has 1 atom stereocenters. The molecule has 0 aromatic heterocycles. The maximum absolute atomic E-state index is 12.2. The molecule has 1 fully saturated rings. The van der Waals surface area contributed by atoms with Crippen molar-refractivity contribution in [2.45, 2.75) is 19.3 Å². The van der Waals surface area contributed by atoms with Crippen molar-refractivity contribution in [2.24, 2.45) is 5.92 Å². The number of aliphatic hydroxyl groups excluding tert-OH is 1. The Morgan fingerprint density at radius 3 is 2.89 bits per heavy atom. The molecule has 1 unspecified atom stereocenters. The van der Waals surface area contributed by atoms with E-state index >= 15 is 0 Å². The van der Waals surface area contributed by atoms with Crippen LogP contribution in [0.1, 0.15) is 18.4 Å². The highest BCUT2D eigenvalue weighted by Gasteiger charge is 2.25. The number of nitrogens with zero attached hydrogens (tertiary/aromatic N) is 1. The third-order valence-electron chi connectivity index (χ3n) is 3.53. The first-order valence-electron chi connectivity index (χ1n) is 6.42. The molecule has 1 aromatic rings. The third kappa shape index (κ3) is 3.85. The van der Waals surface area contributed by atoms with E-state index in [0.29, 0.717) is 22.4 Å². The van der Waals surface area contributed by atoms with Gasteiger partial charge in [-0.3, -0.25) is 4.79 Å². The Hall–Kier alpha value is -0.770. The van der Waals surface area contributed by atoms with E-state index in [2.05, 4.69) is 0 Å². The lowest BCUT2D eigenvalue weighted by molar-refractivity contribution is -0.129. The number of amides is 1. The molecule has 1 aliphatic heterocycles. The SMILES string of the molecule is O=C(Cc1ccc(Cl)cc1Cl)N1CCC(CCO)C1. The summed E-state index contributed by atoms with van der Waals surface area (Å²) < 4.78 is 0. The molecule has 1 amide bonds. The van der Waals surface area contributed by atoms with Gasteiger partial charge in [-0.05, 0) is 36.5 Å². The summed E-state index contributed by atoms with van der Waals surface area (Å²) in [6.45, 7) is 1.70. The lowest BCUT2D eigenvalue weighted by Gasteiger charge is -2.17. The van der Waals surface area contributed by atoms with Gasteiger partial charge in [-0.15, -0.1) is 0 Å². The highest BCUT2D eigenvalue weighted by Crippen LogP contribution is 2.24. The van der Waals surface area contributed by atoms with Crippen LogP contribution in [-0.2, 0) is 11.2 Å². The van der Waals surface area contributed by atoms with Gasteiger partial charge in [0.2, 0.25) is 5.91 Å². The molecule has 0 spiro atoms. The molecule has 0 radical (unpaired) electrons. The van der Waals surface area contributed by atoms with Crippen molar-refractivity contribution >= 4 is 29.1 Å². The summed E-state index contributed by atoms with van der Waals surface area (Å²) in [5.41, 5.74) is 0.807. The fourth-order valence-corrected chi connectivity index (χ4v) is 2.89. The van der Waals surface area contributed by atoms with Gasteiger partial charge in [-0.1, -0.05) is 29.3 Å². The number of hydrogen-bond donors (Lipinski definition) is 1. The molecule has 19 heavy (non-hydrogen) atoms. The van der Waals surface area contributed by atoms with Crippen LogP contribution in [0.5, 0.6) is 0 Å². The number of carbonyl (C=O) groups excluding carboxylic acids is 1. The molecule has 2 rings (SSSR count). The molecule has 104 valence electrons. The monoisotopic (exact) mass is 301 g/mol. The van der Waals surface area contributed by atoms with Gasteiger partial charge in [-0.2, -0.15) is 0 Å². The smallest absolute Gasteiger partial charge is 0.227 e. The molecule has 5 heteroatoms. The maximum Gasteiger partial charge on any atom is 0.227 e. The van der Waals surface area contributed by atoms with E-state index in [1.165, 1.54) is 0 Å². The summed E-state index contributed by atoms with van der Waals surface area (Å²) in [6, 6.07) is 5.20. The average Bonchev–Trinajstić information content (AvgIpc) is 2.82. The van der Waals surface area contributed by atoms with Crippen molar-refractivity contribution in [3.63, 3.8) is 0 Å². The van der Waals surface area contributed by atoms with Crippen LogP contribution in [0.3, 0.4) is 0 Å². The predicted molar refractivity (Wildman–Crippen MR) is 76.6 cm³/mol. The van der Waals surface area contributed by atoms with E-state index in [-0.39, 0.29) is 12.5 Å². The molecular formula is C14H17Cl2NO2. The van der Waals surface area contributed by atoms with Crippen molar-refractivity contribution in [1.82, 2.24) is 4.90 Å². The Morgan fingerprint density at radius 2 is 2.21 bits per heavy atom. The zero-order valence-corrected chi connectivity index (χ0v) is 12.1. The van der Waals surface area contributed by atoms with Gasteiger partial charge in [0.05, 0.1) is 6.42 Å². The van der Waals surface area contributed by atoms with Gasteiger partial charge in [0, 0.05) is 29.7 Å². The van der Waals surface area contributed by atoms with Crippen LogP contribution in [0.2, 0.25) is 10.0 Å². The Morgan fingerprint density at radius 1 is 1.42 bits per heavy atom. The van der Waals surface area contributed by atoms with Gasteiger partial charge in [0.1, 0.15) is 0 Å². The Bertz CT molecular complexity index is 465. The minimum absolute atomic E-state index is 0.0877. The maximum atomic E-state index is 12.2. The second-order valence-electron chi connectivity index (χ2n) is 4.92. The molecule has 1 saturated heterocycles. The van der Waals surface area contributed by atoms with Crippen molar-refractivity contribution in [3.05, 3.63) is 33.8 Å². The van der Waals surface area contributed by atoms with Gasteiger partial charge >= 0.3 is 0 Å². The standard InChI is InChI=1S/C14H17Cl2NO2/c15-12-2-1-11(13(16)8-12)7-14(19)17-5-3-10(9-17)4-6-18/h1-2,8,10,18H,3-7,9H2. The lowest BCUT2D eigenvalue weighted by Crippen LogP contribution is -2.30. The lowest BCUT2D eigenvalue weighted by atomic mass is 10.1. The molecular weight excluding hydrogens is 285 g/mol. The first-order chi connectivity index (χ1) is 9.10. The van der Waals surface area contributed by atoms with E-state index in [4.69, 9.17) is 28.3 Å². The second kappa shape index (κ2) is 6.60. The second-order valence-corrected chi connectivity index (χ2v) is 5.76. The molecule has 1 heterocycles. The quantitative estimate of drug-likeness (QED) is 0.929. The summed E-state index contributed by atoms with van der Waals surface area (Å²) in [4.78, 5) is 14.0. The fraction of sp³-hybridized carbons (Fsp3) is 0.500. The molecule has 1 aromatic carbocycles. The first kappa shape index (κ1) is 14.6. The van der Waals surface area contributed by atoms with E-state index < -0.39 is 0 Å². The molecule has 1 N–H and O–H groups in total. The number of hydrogen-bond acceptors (Lipinski definition) is 2. The van der Waals surface area contributed by atoms with E-state index in [0.717, 1.165) is 31.5 Å². The van der Waals surface area contributed by atoms with Gasteiger partial charge in [0.25, 0.3) is 0 Å². The van der Waals surface area contributed by atoms with Crippen LogP contribution in [0.15, 0.2) is 18.2 Å². The zero-order chi connectivity index (χ0) is 13.8. The normalized spacial score (nSPS) is 18.9. The topological polar surface area (TPSA) is 40.5 Å². The summed E-state index contributed by atoms with van der Waals surface area (Å²) in [5.74, 6) is 0.513. The number of rotatable bonds is 4. The molecule has 0 aliphatic carbocycles. The number of aliphatic hydroxyl groups is 1. The van der Waals surface area contributed by atoms with Crippen molar-refractivity contribution in [1.29, 1.82) is 0 Å². The van der Waals surface area contributed by atoms with Crippen LogP contribution in [0.25, 0.3) is 0 Å². The summed E-state index contributed by atoms with van der Waals surface area (Å²) >= 11 is 11.9. The summed E-state index contributed by atoms with van der Waals surface area (Å²) in [6.07, 6.45) is 2.05. The highest BCUT2D eigenvalue weighted by atomic mass is 35.5. The number of halogens is 2. The van der Waals surface area contributed by atoms with Crippen LogP contribution in [-0.4, -0.2) is 35.6 Å². The summed E-state index contributed by atoms with van der Waals surface area (Å²) in [7, 11) is 0. The number of benzene rings is 1. The van der Waals surface area contributed by atoms with E-state index in [1.807, 2.05) is 4.90 Å². The zero-order valence-electron chi connectivity index (χ0n) is 10.6. The number of likely N-dealkylation sites (tertiary alicyclic amines) is 1. The van der Waals surface area contributed by atoms with Crippen LogP contribution < -0.4 is 0 Å². The fourth-order valence-electron chi connectivity index (χ4n) is 2.42. The minimum atomic E-state index is 0.0877. The predicted octanol–water partition coefficient (Wildman–Crippen LogP) is 2.77. The van der Waals surface area contributed by atoms with Crippen LogP contribution >= 0.6 is 23.2 Å². The Kier molecular flexibility index (Phi) is 5.08. The van der Waals surface area contributed by atoms with Crippen LogP contribution in [0.4, 0.5) is 0 Å². The Labute approximate surface area is 123 Å². The van der Waals surface area contributed by atoms with Gasteiger partial charge in [-0.25, -0.2) is 0 Å². The minimum Gasteiger partial charge on any atom is -0.396 e. The van der Waals surface area contributed by atoms with E-state index in [1.54, 1.807) is 18.2 Å². The van der Waals surface area contributed by atoms with Crippen molar-refractivity contribution < 1.29 is 9.90 Å². The summed E-state index contributed by atoms with van der Waals surface area (Å²) in [5, 5.41) is 10.0. The number of carbonyl (C=O) groups is 1. The first-order valence-corrected chi connectivity index (χ1v) is 7.18.